The quantitative estimate of drug-likeness (QED) is 0.421. The van der Waals surface area contributed by atoms with Gasteiger partial charge in [-0.3, -0.25) is 0 Å². The van der Waals surface area contributed by atoms with E-state index in [0.29, 0.717) is 17.1 Å². The first-order valence-corrected chi connectivity index (χ1v) is 10.8. The molecule has 1 fully saturated rings. The Kier molecular flexibility index (Phi) is 5.09. The van der Waals surface area contributed by atoms with Crippen LogP contribution in [0, 0.1) is 0 Å². The van der Waals surface area contributed by atoms with Crippen LogP contribution in [0.2, 0.25) is 0 Å². The summed E-state index contributed by atoms with van der Waals surface area (Å²) in [4.78, 5) is 16.2. The second-order valence-corrected chi connectivity index (χ2v) is 8.20. The minimum atomic E-state index is -0.998. The molecule has 33 heavy (non-hydrogen) atoms. The normalized spacial score (nSPS) is 14.5. The smallest absolute Gasteiger partial charge is 0.405 e. The fraction of sp³-hybridized carbons (Fsp3) is 0.192. The van der Waals surface area contributed by atoms with Gasteiger partial charge in [-0.15, -0.1) is 0 Å². The molecule has 7 nitrogen and oxygen atoms in total. The van der Waals surface area contributed by atoms with E-state index in [1.807, 2.05) is 60.7 Å². The maximum absolute atomic E-state index is 11.3. The number of rotatable bonds is 6. The molecule has 2 aromatic carbocycles. The number of carbonyl (C=O) groups is 1. The van der Waals surface area contributed by atoms with Crippen LogP contribution in [0.1, 0.15) is 30.5 Å². The SMILES string of the molecule is C=Cc1cc(OC)c2nc(-c3ccc(C4(NC(=O)O)CCC4)cc3)c(-c3ccccc3)n2n1. The summed E-state index contributed by atoms with van der Waals surface area (Å²) in [6, 6.07) is 19.8. The average Bonchev–Trinajstić information content (AvgIpc) is 3.20. The third-order valence-corrected chi connectivity index (χ3v) is 6.31. The summed E-state index contributed by atoms with van der Waals surface area (Å²) < 4.78 is 7.40. The molecule has 166 valence electrons. The summed E-state index contributed by atoms with van der Waals surface area (Å²) in [7, 11) is 1.61. The van der Waals surface area contributed by atoms with Gasteiger partial charge in [0.2, 0.25) is 0 Å². The summed E-state index contributed by atoms with van der Waals surface area (Å²) in [6.45, 7) is 3.85. The number of amides is 1. The zero-order valence-corrected chi connectivity index (χ0v) is 18.3. The molecule has 1 amide bonds. The number of hydrogen-bond acceptors (Lipinski definition) is 4. The number of hydrogen-bond donors (Lipinski definition) is 2. The Hall–Kier alpha value is -4.13. The molecular formula is C26H24N4O3. The van der Waals surface area contributed by atoms with Crippen LogP contribution in [0.4, 0.5) is 4.79 Å². The van der Waals surface area contributed by atoms with Crippen molar-refractivity contribution < 1.29 is 14.6 Å². The molecule has 0 spiro atoms. The maximum atomic E-state index is 11.3. The van der Waals surface area contributed by atoms with E-state index in [4.69, 9.17) is 14.8 Å². The number of imidazole rings is 1. The molecule has 2 N–H and O–H groups in total. The van der Waals surface area contributed by atoms with Crippen molar-refractivity contribution in [3.63, 3.8) is 0 Å². The maximum Gasteiger partial charge on any atom is 0.405 e. The Bertz CT molecular complexity index is 1340. The molecule has 0 atom stereocenters. The summed E-state index contributed by atoms with van der Waals surface area (Å²) in [5, 5.41) is 16.7. The molecule has 0 aliphatic heterocycles. The predicted molar refractivity (Wildman–Crippen MR) is 127 cm³/mol. The third kappa shape index (κ3) is 3.51. The fourth-order valence-corrected chi connectivity index (χ4v) is 4.49. The number of ether oxygens (including phenoxy) is 1. The molecular weight excluding hydrogens is 416 g/mol. The van der Waals surface area contributed by atoms with E-state index < -0.39 is 11.6 Å². The van der Waals surface area contributed by atoms with Gasteiger partial charge in [0.05, 0.1) is 24.0 Å². The van der Waals surface area contributed by atoms with Gasteiger partial charge in [0.15, 0.2) is 11.4 Å². The van der Waals surface area contributed by atoms with E-state index in [0.717, 1.165) is 47.3 Å². The van der Waals surface area contributed by atoms with E-state index in [-0.39, 0.29) is 0 Å². The number of methoxy groups -OCH3 is 1. The molecule has 0 saturated heterocycles. The molecule has 1 aliphatic rings. The lowest BCUT2D eigenvalue weighted by molar-refractivity contribution is 0.144. The van der Waals surface area contributed by atoms with Crippen molar-refractivity contribution >= 4 is 17.8 Å². The summed E-state index contributed by atoms with van der Waals surface area (Å²) >= 11 is 0. The van der Waals surface area contributed by atoms with Crippen LogP contribution in [0.25, 0.3) is 34.2 Å². The lowest BCUT2D eigenvalue weighted by Gasteiger charge is -2.42. The van der Waals surface area contributed by atoms with Gasteiger partial charge in [0.1, 0.15) is 5.69 Å². The minimum Gasteiger partial charge on any atom is -0.493 e. The monoisotopic (exact) mass is 440 g/mol. The number of aromatic nitrogens is 3. The van der Waals surface area contributed by atoms with Gasteiger partial charge in [-0.1, -0.05) is 61.2 Å². The van der Waals surface area contributed by atoms with E-state index in [9.17, 15) is 9.90 Å². The van der Waals surface area contributed by atoms with Gasteiger partial charge in [-0.05, 0) is 30.9 Å². The second kappa shape index (κ2) is 8.09. The Morgan fingerprint density at radius 2 is 1.88 bits per heavy atom. The zero-order valence-electron chi connectivity index (χ0n) is 18.3. The standard InChI is InChI=1S/C26H24N4O3/c1-3-20-16-21(33-2)24-27-22(23(30(24)29-20)18-8-5-4-6-9-18)17-10-12-19(13-11-17)26(14-7-15-26)28-25(31)32/h3-6,8-13,16,28H,1,7,14-15H2,2H3,(H,31,32). The van der Waals surface area contributed by atoms with Crippen LogP contribution in [0.3, 0.4) is 0 Å². The molecule has 7 heteroatoms. The molecule has 4 aromatic rings. The molecule has 0 unspecified atom stereocenters. The van der Waals surface area contributed by atoms with Crippen LogP contribution in [0.5, 0.6) is 5.75 Å². The molecule has 0 bridgehead atoms. The van der Waals surface area contributed by atoms with Gasteiger partial charge in [-0.2, -0.15) is 5.10 Å². The minimum absolute atomic E-state index is 0.505. The Morgan fingerprint density at radius 1 is 1.15 bits per heavy atom. The Morgan fingerprint density at radius 3 is 2.45 bits per heavy atom. The van der Waals surface area contributed by atoms with E-state index in [1.54, 1.807) is 17.7 Å². The third-order valence-electron chi connectivity index (χ3n) is 6.31. The number of nitrogens with one attached hydrogen (secondary N) is 1. The van der Waals surface area contributed by atoms with E-state index in [1.165, 1.54) is 0 Å². The van der Waals surface area contributed by atoms with Crippen molar-refractivity contribution in [2.24, 2.45) is 0 Å². The van der Waals surface area contributed by atoms with E-state index >= 15 is 0 Å². The van der Waals surface area contributed by atoms with Crippen LogP contribution < -0.4 is 10.1 Å². The average molecular weight is 441 g/mol. The van der Waals surface area contributed by atoms with Gasteiger partial charge >= 0.3 is 6.09 Å². The van der Waals surface area contributed by atoms with Crippen LogP contribution in [-0.4, -0.2) is 32.9 Å². The fourth-order valence-electron chi connectivity index (χ4n) is 4.49. The highest BCUT2D eigenvalue weighted by Crippen LogP contribution is 2.42. The second-order valence-electron chi connectivity index (χ2n) is 8.20. The summed E-state index contributed by atoms with van der Waals surface area (Å²) in [5.41, 5.74) is 5.27. The zero-order chi connectivity index (χ0) is 23.0. The first kappa shape index (κ1) is 20.8. The van der Waals surface area contributed by atoms with Crippen molar-refractivity contribution in [2.45, 2.75) is 24.8 Å². The van der Waals surface area contributed by atoms with E-state index in [2.05, 4.69) is 11.9 Å². The Labute approximate surface area is 191 Å². The van der Waals surface area contributed by atoms with Gasteiger partial charge in [0, 0.05) is 17.2 Å². The topological polar surface area (TPSA) is 88.8 Å². The highest BCUT2D eigenvalue weighted by atomic mass is 16.5. The van der Waals surface area contributed by atoms with Gasteiger partial charge in [-0.25, -0.2) is 14.3 Å². The first-order valence-electron chi connectivity index (χ1n) is 10.8. The van der Waals surface area contributed by atoms with Crippen LogP contribution >= 0.6 is 0 Å². The highest BCUT2D eigenvalue weighted by Gasteiger charge is 2.40. The van der Waals surface area contributed by atoms with Crippen molar-refractivity contribution in [3.8, 4) is 28.3 Å². The highest BCUT2D eigenvalue weighted by molar-refractivity contribution is 5.83. The molecule has 1 saturated carbocycles. The van der Waals surface area contributed by atoms with Gasteiger partial charge in [0.25, 0.3) is 0 Å². The van der Waals surface area contributed by atoms with Crippen molar-refractivity contribution in [3.05, 3.63) is 78.5 Å². The molecule has 2 aromatic heterocycles. The molecule has 1 aliphatic carbocycles. The van der Waals surface area contributed by atoms with Crippen LogP contribution in [-0.2, 0) is 5.54 Å². The van der Waals surface area contributed by atoms with Crippen LogP contribution in [0.15, 0.2) is 67.2 Å². The number of nitrogens with zero attached hydrogens (tertiary/aromatic N) is 3. The Balaban J connectivity index is 1.68. The molecule has 5 rings (SSSR count). The number of benzene rings is 2. The summed E-state index contributed by atoms with van der Waals surface area (Å²) in [5.74, 6) is 0.610. The lowest BCUT2D eigenvalue weighted by atomic mass is 9.72. The van der Waals surface area contributed by atoms with Crippen molar-refractivity contribution in [2.75, 3.05) is 7.11 Å². The molecule has 0 radical (unpaired) electrons. The largest absolute Gasteiger partial charge is 0.493 e. The van der Waals surface area contributed by atoms with Crippen molar-refractivity contribution in [1.29, 1.82) is 0 Å². The van der Waals surface area contributed by atoms with Gasteiger partial charge < -0.3 is 15.2 Å². The number of fused-ring (bicyclic) bond motifs is 1. The number of carboxylic acid groups (broad SMARTS) is 1. The first-order chi connectivity index (χ1) is 16.0. The molecule has 2 heterocycles. The summed E-state index contributed by atoms with van der Waals surface area (Å²) in [6.07, 6.45) is 3.28. The predicted octanol–water partition coefficient (Wildman–Crippen LogP) is 5.36. The van der Waals surface area contributed by atoms with Crippen molar-refractivity contribution in [1.82, 2.24) is 19.9 Å². The lowest BCUT2D eigenvalue weighted by Crippen LogP contribution is -2.50.